The van der Waals surface area contributed by atoms with Crippen LogP contribution in [0.1, 0.15) is 18.1 Å². The number of carbonyl (C=O) groups excluding carboxylic acids is 1. The normalized spacial score (nSPS) is 12.6. The summed E-state index contributed by atoms with van der Waals surface area (Å²) in [6, 6.07) is 7.46. The Balaban J connectivity index is 2.22. The van der Waals surface area contributed by atoms with Crippen LogP contribution in [0.25, 0.3) is 10.9 Å². The molecule has 1 aromatic carbocycles. The Labute approximate surface area is 92.9 Å². The highest BCUT2D eigenvalue weighted by Crippen LogP contribution is 2.21. The molecule has 0 aliphatic rings. The molecule has 0 aliphatic carbocycles. The minimum absolute atomic E-state index is 0.0214. The monoisotopic (exact) mass is 219 g/mol. The first kappa shape index (κ1) is 10.7. The molecule has 0 fully saturated rings. The number of hydrogen-bond acceptors (Lipinski definition) is 3. The van der Waals surface area contributed by atoms with Crippen LogP contribution in [0.4, 0.5) is 0 Å². The summed E-state index contributed by atoms with van der Waals surface area (Å²) in [4.78, 5) is 14.1. The second-order valence-corrected chi connectivity index (χ2v) is 3.62. The zero-order chi connectivity index (χ0) is 11.5. The summed E-state index contributed by atoms with van der Waals surface area (Å²) < 4.78 is 4.51. The van der Waals surface area contributed by atoms with Crippen LogP contribution in [0, 0.1) is 0 Å². The van der Waals surface area contributed by atoms with Crippen molar-refractivity contribution in [3.8, 4) is 0 Å². The Morgan fingerprint density at radius 2 is 2.31 bits per heavy atom. The van der Waals surface area contributed by atoms with Crippen LogP contribution >= 0.6 is 0 Å². The van der Waals surface area contributed by atoms with Gasteiger partial charge in [0.15, 0.2) is 0 Å². The van der Waals surface area contributed by atoms with E-state index in [2.05, 4.69) is 9.72 Å². The van der Waals surface area contributed by atoms with Gasteiger partial charge in [-0.05, 0) is 29.1 Å². The number of aliphatic hydroxyl groups is 1. The number of hydrogen-bond donors (Lipinski definition) is 2. The van der Waals surface area contributed by atoms with Gasteiger partial charge in [0.1, 0.15) is 0 Å². The van der Waals surface area contributed by atoms with Crippen molar-refractivity contribution in [3.63, 3.8) is 0 Å². The molecule has 1 aromatic heterocycles. The predicted octanol–water partition coefficient (Wildman–Crippen LogP) is 1.76. The largest absolute Gasteiger partial charge is 0.469 e. The zero-order valence-electron chi connectivity index (χ0n) is 8.93. The average Bonchev–Trinajstić information content (AvgIpc) is 2.75. The minimum Gasteiger partial charge on any atom is -0.469 e. The van der Waals surface area contributed by atoms with Gasteiger partial charge in [0.25, 0.3) is 0 Å². The van der Waals surface area contributed by atoms with Gasteiger partial charge in [-0.15, -0.1) is 0 Å². The maximum Gasteiger partial charge on any atom is 0.308 e. The van der Waals surface area contributed by atoms with Gasteiger partial charge in [0.05, 0.1) is 19.6 Å². The van der Waals surface area contributed by atoms with Crippen LogP contribution in [-0.2, 0) is 9.53 Å². The third-order valence-corrected chi connectivity index (χ3v) is 2.55. The molecule has 0 unspecified atom stereocenters. The van der Waals surface area contributed by atoms with Crippen molar-refractivity contribution >= 4 is 16.9 Å². The molecule has 0 amide bonds. The highest BCUT2D eigenvalue weighted by atomic mass is 16.5. The molecule has 0 saturated heterocycles. The van der Waals surface area contributed by atoms with Gasteiger partial charge < -0.3 is 14.8 Å². The van der Waals surface area contributed by atoms with Gasteiger partial charge in [-0.2, -0.15) is 0 Å². The van der Waals surface area contributed by atoms with Gasteiger partial charge in [0, 0.05) is 11.7 Å². The van der Waals surface area contributed by atoms with E-state index in [0.717, 1.165) is 16.5 Å². The smallest absolute Gasteiger partial charge is 0.308 e. The molecule has 1 atom stereocenters. The first-order chi connectivity index (χ1) is 7.70. The lowest BCUT2D eigenvalue weighted by Gasteiger charge is -2.09. The van der Waals surface area contributed by atoms with E-state index in [1.165, 1.54) is 7.11 Å². The topological polar surface area (TPSA) is 62.3 Å². The van der Waals surface area contributed by atoms with E-state index >= 15 is 0 Å². The minimum atomic E-state index is -0.813. The van der Waals surface area contributed by atoms with E-state index < -0.39 is 12.1 Å². The third kappa shape index (κ3) is 2.06. The number of rotatable bonds is 3. The van der Waals surface area contributed by atoms with E-state index in [-0.39, 0.29) is 6.42 Å². The van der Waals surface area contributed by atoms with E-state index in [4.69, 9.17) is 0 Å². The lowest BCUT2D eigenvalue weighted by Crippen LogP contribution is -2.07. The number of fused-ring (bicyclic) bond motifs is 1. The van der Waals surface area contributed by atoms with Crippen molar-refractivity contribution in [2.75, 3.05) is 7.11 Å². The molecule has 2 aromatic rings. The van der Waals surface area contributed by atoms with E-state index in [0.29, 0.717) is 0 Å². The van der Waals surface area contributed by atoms with E-state index in [1.54, 1.807) is 6.07 Å². The summed E-state index contributed by atoms with van der Waals surface area (Å²) in [7, 11) is 1.31. The van der Waals surface area contributed by atoms with Crippen LogP contribution in [0.5, 0.6) is 0 Å². The number of methoxy groups -OCH3 is 1. The summed E-state index contributed by atoms with van der Waals surface area (Å²) in [6.07, 6.45) is 1.000. The Morgan fingerprint density at radius 3 is 3.06 bits per heavy atom. The predicted molar refractivity (Wildman–Crippen MR) is 59.9 cm³/mol. The number of aromatic nitrogens is 1. The molecule has 4 nitrogen and oxygen atoms in total. The van der Waals surface area contributed by atoms with E-state index in [9.17, 15) is 9.90 Å². The van der Waals surface area contributed by atoms with Gasteiger partial charge in [-0.25, -0.2) is 0 Å². The lowest BCUT2D eigenvalue weighted by atomic mass is 10.1. The van der Waals surface area contributed by atoms with Crippen LogP contribution in [0.3, 0.4) is 0 Å². The van der Waals surface area contributed by atoms with Gasteiger partial charge in [0.2, 0.25) is 0 Å². The van der Waals surface area contributed by atoms with Crippen LogP contribution in [0.15, 0.2) is 30.5 Å². The van der Waals surface area contributed by atoms with Gasteiger partial charge in [-0.3, -0.25) is 4.79 Å². The van der Waals surface area contributed by atoms with E-state index in [1.807, 2.05) is 24.4 Å². The van der Waals surface area contributed by atoms with Crippen LogP contribution in [0.2, 0.25) is 0 Å². The van der Waals surface area contributed by atoms with Crippen molar-refractivity contribution in [1.29, 1.82) is 0 Å². The summed E-state index contributed by atoms with van der Waals surface area (Å²) in [6.45, 7) is 0. The zero-order valence-corrected chi connectivity index (χ0v) is 8.93. The van der Waals surface area contributed by atoms with Crippen molar-refractivity contribution in [2.45, 2.75) is 12.5 Å². The fraction of sp³-hybridized carbons (Fsp3) is 0.250. The first-order valence-electron chi connectivity index (χ1n) is 5.02. The molecule has 4 heteroatoms. The van der Waals surface area contributed by atoms with Crippen LogP contribution in [-0.4, -0.2) is 23.2 Å². The van der Waals surface area contributed by atoms with Crippen molar-refractivity contribution in [1.82, 2.24) is 4.98 Å². The Morgan fingerprint density at radius 1 is 1.50 bits per heavy atom. The SMILES string of the molecule is COC(=O)C[C@H](O)c1ccc2[nH]ccc2c1. The fourth-order valence-corrected chi connectivity index (χ4v) is 1.64. The molecule has 1 heterocycles. The molecular formula is C12H13NO3. The molecule has 2 rings (SSSR count). The highest BCUT2D eigenvalue weighted by molar-refractivity contribution is 5.80. The molecule has 0 aliphatic heterocycles. The van der Waals surface area contributed by atoms with Crippen LogP contribution < -0.4 is 0 Å². The number of benzene rings is 1. The Hall–Kier alpha value is -1.81. The Kier molecular flexibility index (Phi) is 2.92. The number of ether oxygens (including phenoxy) is 1. The molecular weight excluding hydrogens is 206 g/mol. The number of H-pyrrole nitrogens is 1. The quantitative estimate of drug-likeness (QED) is 0.773. The third-order valence-electron chi connectivity index (χ3n) is 2.55. The molecule has 84 valence electrons. The summed E-state index contributed by atoms with van der Waals surface area (Å²) in [5.74, 6) is -0.415. The lowest BCUT2D eigenvalue weighted by molar-refractivity contribution is -0.142. The first-order valence-corrected chi connectivity index (χ1v) is 5.02. The maximum atomic E-state index is 11.0. The molecule has 16 heavy (non-hydrogen) atoms. The molecule has 0 radical (unpaired) electrons. The summed E-state index contributed by atoms with van der Waals surface area (Å²) in [5.41, 5.74) is 1.73. The van der Waals surface area contributed by atoms with Gasteiger partial charge in [-0.1, -0.05) is 6.07 Å². The number of nitrogens with one attached hydrogen (secondary N) is 1. The number of esters is 1. The number of aliphatic hydroxyl groups excluding tert-OH is 1. The number of aromatic amines is 1. The molecule has 0 saturated carbocycles. The van der Waals surface area contributed by atoms with Crippen molar-refractivity contribution in [3.05, 3.63) is 36.0 Å². The van der Waals surface area contributed by atoms with Gasteiger partial charge >= 0.3 is 5.97 Å². The molecule has 0 spiro atoms. The fourth-order valence-electron chi connectivity index (χ4n) is 1.64. The van der Waals surface area contributed by atoms with Crippen molar-refractivity contribution < 1.29 is 14.6 Å². The number of carbonyl (C=O) groups is 1. The summed E-state index contributed by atoms with van der Waals surface area (Å²) in [5, 5.41) is 10.8. The molecule has 2 N–H and O–H groups in total. The average molecular weight is 219 g/mol. The second-order valence-electron chi connectivity index (χ2n) is 3.62. The maximum absolute atomic E-state index is 11.0. The second kappa shape index (κ2) is 4.37. The molecule has 0 bridgehead atoms. The highest BCUT2D eigenvalue weighted by Gasteiger charge is 2.13. The summed E-state index contributed by atoms with van der Waals surface area (Å²) >= 11 is 0. The standard InChI is InChI=1S/C12H13NO3/c1-16-12(15)7-11(14)9-2-3-10-8(6-9)4-5-13-10/h2-6,11,13-14H,7H2,1H3/t11-/m0/s1. The van der Waals surface area contributed by atoms with Crippen molar-refractivity contribution in [2.24, 2.45) is 0 Å². The Bertz CT molecular complexity index is 504.